The van der Waals surface area contributed by atoms with Gasteiger partial charge in [0, 0.05) is 11.4 Å². The fourth-order valence-corrected chi connectivity index (χ4v) is 1.79. The van der Waals surface area contributed by atoms with Crippen LogP contribution in [0.1, 0.15) is 31.2 Å². The van der Waals surface area contributed by atoms with Gasteiger partial charge in [-0.2, -0.15) is 0 Å². The van der Waals surface area contributed by atoms with Crippen molar-refractivity contribution in [2.45, 2.75) is 25.7 Å². The third-order valence-electron chi connectivity index (χ3n) is 2.31. The SMILES string of the molecule is CCC(CCCl)c1ccccc1[O]. The summed E-state index contributed by atoms with van der Waals surface area (Å²) in [4.78, 5) is 0. The summed E-state index contributed by atoms with van der Waals surface area (Å²) in [5, 5.41) is 11.5. The van der Waals surface area contributed by atoms with E-state index in [0.29, 0.717) is 11.8 Å². The molecule has 1 atom stereocenters. The first-order chi connectivity index (χ1) is 6.29. The molecular formula is C11H14ClO. The van der Waals surface area contributed by atoms with E-state index in [0.717, 1.165) is 18.4 Å². The van der Waals surface area contributed by atoms with E-state index in [4.69, 9.17) is 11.6 Å². The average Bonchev–Trinajstić information content (AvgIpc) is 2.16. The lowest BCUT2D eigenvalue weighted by molar-refractivity contribution is 0.345. The van der Waals surface area contributed by atoms with Crippen molar-refractivity contribution in [2.75, 3.05) is 5.88 Å². The van der Waals surface area contributed by atoms with Crippen LogP contribution >= 0.6 is 11.6 Å². The van der Waals surface area contributed by atoms with Crippen LogP contribution in [-0.4, -0.2) is 5.88 Å². The van der Waals surface area contributed by atoms with Crippen molar-refractivity contribution in [3.8, 4) is 5.75 Å². The van der Waals surface area contributed by atoms with Gasteiger partial charge in [0.25, 0.3) is 0 Å². The van der Waals surface area contributed by atoms with Gasteiger partial charge in [-0.1, -0.05) is 25.1 Å². The van der Waals surface area contributed by atoms with E-state index in [1.807, 2.05) is 12.1 Å². The molecule has 0 saturated carbocycles. The molecule has 0 N–H and O–H groups in total. The molecule has 0 heterocycles. The van der Waals surface area contributed by atoms with Gasteiger partial charge in [-0.3, -0.25) is 5.11 Å². The van der Waals surface area contributed by atoms with Gasteiger partial charge in [0.2, 0.25) is 0 Å². The van der Waals surface area contributed by atoms with Gasteiger partial charge in [0.1, 0.15) is 0 Å². The van der Waals surface area contributed by atoms with Crippen LogP contribution in [0.25, 0.3) is 0 Å². The normalized spacial score (nSPS) is 12.8. The Morgan fingerprint density at radius 3 is 2.62 bits per heavy atom. The third kappa shape index (κ3) is 2.63. The van der Waals surface area contributed by atoms with Crippen LogP contribution in [-0.2, 0) is 5.11 Å². The van der Waals surface area contributed by atoms with E-state index in [9.17, 15) is 5.11 Å². The van der Waals surface area contributed by atoms with Gasteiger partial charge in [0.05, 0.1) is 0 Å². The van der Waals surface area contributed by atoms with Crippen LogP contribution in [0.15, 0.2) is 24.3 Å². The van der Waals surface area contributed by atoms with Crippen molar-refractivity contribution in [1.29, 1.82) is 0 Å². The van der Waals surface area contributed by atoms with E-state index in [1.54, 1.807) is 12.1 Å². The molecule has 1 nitrogen and oxygen atoms in total. The van der Waals surface area contributed by atoms with Crippen LogP contribution in [0.5, 0.6) is 5.75 Å². The molecule has 2 heteroatoms. The van der Waals surface area contributed by atoms with Crippen LogP contribution in [0, 0.1) is 0 Å². The molecule has 0 fully saturated rings. The van der Waals surface area contributed by atoms with Crippen LogP contribution in [0.2, 0.25) is 0 Å². The quantitative estimate of drug-likeness (QED) is 0.652. The Morgan fingerprint density at radius 1 is 1.38 bits per heavy atom. The zero-order chi connectivity index (χ0) is 9.68. The highest BCUT2D eigenvalue weighted by molar-refractivity contribution is 6.17. The lowest BCUT2D eigenvalue weighted by Crippen LogP contribution is -1.98. The number of rotatable bonds is 4. The minimum atomic E-state index is 0.138. The summed E-state index contributed by atoms with van der Waals surface area (Å²) < 4.78 is 0. The zero-order valence-corrected chi connectivity index (χ0v) is 8.55. The minimum Gasteiger partial charge on any atom is -0.290 e. The molecule has 0 aliphatic rings. The van der Waals surface area contributed by atoms with E-state index < -0.39 is 0 Å². The predicted molar refractivity (Wildman–Crippen MR) is 54.9 cm³/mol. The molecule has 0 amide bonds. The summed E-state index contributed by atoms with van der Waals surface area (Å²) in [6.07, 6.45) is 1.86. The van der Waals surface area contributed by atoms with Gasteiger partial charge < -0.3 is 0 Å². The maximum absolute atomic E-state index is 11.5. The van der Waals surface area contributed by atoms with E-state index >= 15 is 0 Å². The Bertz CT molecular complexity index is 260. The molecule has 1 rings (SSSR count). The molecule has 1 aromatic rings. The first-order valence-electron chi connectivity index (χ1n) is 4.61. The van der Waals surface area contributed by atoms with Crippen molar-refractivity contribution >= 4 is 11.6 Å². The molecule has 1 aromatic carbocycles. The first kappa shape index (κ1) is 10.4. The summed E-state index contributed by atoms with van der Waals surface area (Å²) in [5.74, 6) is 1.08. The number of hydrogen-bond acceptors (Lipinski definition) is 0. The van der Waals surface area contributed by atoms with Gasteiger partial charge in [-0.05, 0) is 24.8 Å². The lowest BCUT2D eigenvalue weighted by atomic mass is 9.93. The maximum Gasteiger partial charge on any atom is 0.182 e. The number of hydrogen-bond donors (Lipinski definition) is 0. The maximum atomic E-state index is 11.5. The Hall–Kier alpha value is -0.690. The second-order valence-corrected chi connectivity index (χ2v) is 3.50. The molecule has 0 saturated heterocycles. The molecule has 0 aliphatic carbocycles. The molecular weight excluding hydrogens is 184 g/mol. The number of alkyl halides is 1. The van der Waals surface area contributed by atoms with Gasteiger partial charge in [-0.25, -0.2) is 0 Å². The topological polar surface area (TPSA) is 19.9 Å². The summed E-state index contributed by atoms with van der Waals surface area (Å²) >= 11 is 5.68. The predicted octanol–water partition coefficient (Wildman–Crippen LogP) is 3.95. The molecule has 1 radical (unpaired) electrons. The summed E-state index contributed by atoms with van der Waals surface area (Å²) in [5.41, 5.74) is 0.908. The average molecular weight is 198 g/mol. The molecule has 1 unspecified atom stereocenters. The second kappa shape index (κ2) is 5.13. The largest absolute Gasteiger partial charge is 0.290 e. The highest BCUT2D eigenvalue weighted by atomic mass is 35.5. The van der Waals surface area contributed by atoms with Crippen molar-refractivity contribution in [2.24, 2.45) is 0 Å². The standard InChI is InChI=1S/C11H14ClO/c1-2-9(7-8-12)10-5-3-4-6-11(10)13/h3-6,9H,2,7-8H2,1H3. The van der Waals surface area contributed by atoms with Crippen molar-refractivity contribution in [3.05, 3.63) is 29.8 Å². The Balaban J connectivity index is 2.84. The Labute approximate surface area is 84.4 Å². The van der Waals surface area contributed by atoms with Crippen LogP contribution in [0.4, 0.5) is 0 Å². The molecule has 0 aromatic heterocycles. The molecule has 0 aliphatic heterocycles. The number of halogens is 1. The third-order valence-corrected chi connectivity index (χ3v) is 2.53. The fourth-order valence-electron chi connectivity index (χ4n) is 1.53. The Morgan fingerprint density at radius 2 is 2.08 bits per heavy atom. The van der Waals surface area contributed by atoms with Crippen molar-refractivity contribution in [3.63, 3.8) is 0 Å². The van der Waals surface area contributed by atoms with E-state index in [2.05, 4.69) is 6.92 Å². The van der Waals surface area contributed by atoms with E-state index in [-0.39, 0.29) is 5.75 Å². The summed E-state index contributed by atoms with van der Waals surface area (Å²) in [6, 6.07) is 7.21. The fraction of sp³-hybridized carbons (Fsp3) is 0.455. The second-order valence-electron chi connectivity index (χ2n) is 3.12. The highest BCUT2D eigenvalue weighted by Gasteiger charge is 2.12. The summed E-state index contributed by atoms with van der Waals surface area (Å²) in [7, 11) is 0. The highest BCUT2D eigenvalue weighted by Crippen LogP contribution is 2.30. The smallest absolute Gasteiger partial charge is 0.182 e. The Kier molecular flexibility index (Phi) is 4.10. The van der Waals surface area contributed by atoms with Gasteiger partial charge in [0.15, 0.2) is 5.75 Å². The lowest BCUT2D eigenvalue weighted by Gasteiger charge is -2.13. The summed E-state index contributed by atoms with van der Waals surface area (Å²) in [6.45, 7) is 2.09. The molecule has 71 valence electrons. The van der Waals surface area contributed by atoms with Crippen molar-refractivity contribution < 1.29 is 5.11 Å². The number of benzene rings is 1. The first-order valence-corrected chi connectivity index (χ1v) is 5.15. The van der Waals surface area contributed by atoms with E-state index in [1.165, 1.54) is 0 Å². The van der Waals surface area contributed by atoms with Gasteiger partial charge >= 0.3 is 0 Å². The minimum absolute atomic E-state index is 0.138. The zero-order valence-electron chi connectivity index (χ0n) is 7.79. The van der Waals surface area contributed by atoms with Gasteiger partial charge in [-0.15, -0.1) is 11.6 Å². The number of para-hydroxylation sites is 1. The van der Waals surface area contributed by atoms with Crippen molar-refractivity contribution in [1.82, 2.24) is 0 Å². The molecule has 0 bridgehead atoms. The molecule has 13 heavy (non-hydrogen) atoms. The monoisotopic (exact) mass is 197 g/mol. The molecule has 0 spiro atoms. The van der Waals surface area contributed by atoms with Crippen LogP contribution < -0.4 is 0 Å². The van der Waals surface area contributed by atoms with Crippen LogP contribution in [0.3, 0.4) is 0 Å².